The van der Waals surface area contributed by atoms with E-state index in [0.29, 0.717) is 17.7 Å². The van der Waals surface area contributed by atoms with Crippen molar-refractivity contribution in [2.24, 2.45) is 0 Å². The van der Waals surface area contributed by atoms with Crippen LogP contribution in [0.25, 0.3) is 0 Å². The van der Waals surface area contributed by atoms with Gasteiger partial charge in [0.05, 0.1) is 6.10 Å². The summed E-state index contributed by atoms with van der Waals surface area (Å²) in [7, 11) is 0. The van der Waals surface area contributed by atoms with Crippen LogP contribution in [0.2, 0.25) is 0 Å². The quantitative estimate of drug-likeness (QED) is 0.596. The first-order valence-electron chi connectivity index (χ1n) is 6.23. The van der Waals surface area contributed by atoms with Crippen molar-refractivity contribution in [3.05, 3.63) is 47.5 Å². The molecule has 104 valence electrons. The Hall–Kier alpha value is -2.40. The Bertz CT molecular complexity index is 629. The minimum absolute atomic E-state index is 0.403. The van der Waals surface area contributed by atoms with Crippen LogP contribution in [-0.4, -0.2) is 26.5 Å². The van der Waals surface area contributed by atoms with Gasteiger partial charge in [0, 0.05) is 12.0 Å². The molecule has 1 aliphatic heterocycles. The van der Waals surface area contributed by atoms with Crippen LogP contribution in [0.3, 0.4) is 0 Å². The molecule has 3 rings (SSSR count). The number of benzene rings is 2. The molecule has 0 amide bonds. The maximum atomic E-state index is 10.2. The predicted octanol–water partition coefficient (Wildman–Crippen LogP) is 1.84. The van der Waals surface area contributed by atoms with Crippen molar-refractivity contribution in [2.75, 3.05) is 0 Å². The average Bonchev–Trinajstić information content (AvgIpc) is 2.43. The molecule has 2 aromatic carbocycles. The van der Waals surface area contributed by atoms with Crippen molar-refractivity contribution in [1.82, 2.24) is 0 Å². The number of phenolic OH excluding ortho intramolecular Hbond substituents is 3. The molecular weight excluding hydrogens is 260 g/mol. The lowest BCUT2D eigenvalue weighted by molar-refractivity contribution is 0.0206. The summed E-state index contributed by atoms with van der Waals surface area (Å²) < 4.78 is 5.73. The van der Waals surface area contributed by atoms with Crippen LogP contribution in [0.5, 0.6) is 23.0 Å². The fourth-order valence-electron chi connectivity index (χ4n) is 2.41. The predicted molar refractivity (Wildman–Crippen MR) is 71.0 cm³/mol. The molecule has 0 bridgehead atoms. The Morgan fingerprint density at radius 2 is 1.65 bits per heavy atom. The highest BCUT2D eigenvalue weighted by molar-refractivity contribution is 5.52. The van der Waals surface area contributed by atoms with Gasteiger partial charge in [-0.15, -0.1) is 0 Å². The average molecular weight is 274 g/mol. The molecule has 0 aliphatic carbocycles. The zero-order valence-corrected chi connectivity index (χ0v) is 10.5. The van der Waals surface area contributed by atoms with E-state index in [1.807, 2.05) is 18.2 Å². The third kappa shape index (κ3) is 2.02. The van der Waals surface area contributed by atoms with E-state index in [-0.39, 0.29) is 0 Å². The number of rotatable bonds is 1. The van der Waals surface area contributed by atoms with Crippen LogP contribution in [0.15, 0.2) is 36.4 Å². The summed E-state index contributed by atoms with van der Waals surface area (Å²) in [4.78, 5) is 0. The van der Waals surface area contributed by atoms with Crippen molar-refractivity contribution in [3.63, 3.8) is 0 Å². The monoisotopic (exact) mass is 274 g/mol. The first-order chi connectivity index (χ1) is 9.56. The van der Waals surface area contributed by atoms with E-state index in [4.69, 9.17) is 4.74 Å². The van der Waals surface area contributed by atoms with Gasteiger partial charge in [-0.3, -0.25) is 0 Å². The van der Waals surface area contributed by atoms with Crippen LogP contribution >= 0.6 is 0 Å². The minimum atomic E-state index is -0.798. The molecule has 4 N–H and O–H groups in total. The van der Waals surface area contributed by atoms with Gasteiger partial charge in [-0.25, -0.2) is 0 Å². The van der Waals surface area contributed by atoms with Crippen LogP contribution in [0.1, 0.15) is 17.2 Å². The summed E-state index contributed by atoms with van der Waals surface area (Å²) in [6, 6.07) is 9.93. The van der Waals surface area contributed by atoms with Gasteiger partial charge >= 0.3 is 0 Å². The second-order valence-electron chi connectivity index (χ2n) is 4.83. The van der Waals surface area contributed by atoms with Gasteiger partial charge in [0.2, 0.25) is 0 Å². The maximum absolute atomic E-state index is 10.2. The number of aliphatic hydroxyl groups excluding tert-OH is 1. The highest BCUT2D eigenvalue weighted by atomic mass is 16.5. The number of aliphatic hydroxyl groups is 1. The van der Waals surface area contributed by atoms with Gasteiger partial charge in [0.25, 0.3) is 0 Å². The van der Waals surface area contributed by atoms with Gasteiger partial charge in [-0.05, 0) is 23.8 Å². The molecule has 0 spiro atoms. The molecule has 2 atom stereocenters. The van der Waals surface area contributed by atoms with E-state index in [0.717, 1.165) is 5.56 Å². The molecular formula is C15H14O5. The summed E-state index contributed by atoms with van der Waals surface area (Å²) in [5, 5.41) is 38.6. The van der Waals surface area contributed by atoms with E-state index in [1.54, 1.807) is 6.07 Å². The number of ether oxygens (including phenoxy) is 1. The fourth-order valence-corrected chi connectivity index (χ4v) is 2.41. The second kappa shape index (κ2) is 4.61. The Kier molecular flexibility index (Phi) is 2.91. The van der Waals surface area contributed by atoms with E-state index in [2.05, 4.69) is 0 Å². The number of hydrogen-bond acceptors (Lipinski definition) is 5. The zero-order chi connectivity index (χ0) is 14.3. The topological polar surface area (TPSA) is 90.2 Å². The molecule has 1 heterocycles. The molecule has 0 saturated heterocycles. The highest BCUT2D eigenvalue weighted by Crippen LogP contribution is 2.41. The van der Waals surface area contributed by atoms with Gasteiger partial charge < -0.3 is 25.2 Å². The third-order valence-electron chi connectivity index (χ3n) is 3.43. The Morgan fingerprint density at radius 3 is 2.35 bits per heavy atom. The molecule has 2 aromatic rings. The smallest absolute Gasteiger partial charge is 0.200 e. The molecule has 20 heavy (non-hydrogen) atoms. The molecule has 0 saturated carbocycles. The van der Waals surface area contributed by atoms with Crippen molar-refractivity contribution in [3.8, 4) is 23.0 Å². The third-order valence-corrected chi connectivity index (χ3v) is 3.43. The number of hydrogen-bond donors (Lipinski definition) is 4. The van der Waals surface area contributed by atoms with Crippen molar-refractivity contribution in [1.29, 1.82) is 0 Å². The fraction of sp³-hybridized carbons (Fsp3) is 0.200. The van der Waals surface area contributed by atoms with E-state index >= 15 is 0 Å². The number of aromatic hydroxyl groups is 3. The van der Waals surface area contributed by atoms with Crippen molar-refractivity contribution < 1.29 is 25.2 Å². The largest absolute Gasteiger partial charge is 0.504 e. The van der Waals surface area contributed by atoms with E-state index < -0.39 is 29.5 Å². The highest BCUT2D eigenvalue weighted by Gasteiger charge is 2.30. The minimum Gasteiger partial charge on any atom is -0.504 e. The molecule has 5 heteroatoms. The van der Waals surface area contributed by atoms with E-state index in [9.17, 15) is 20.4 Å². The Labute approximate surface area is 115 Å². The molecule has 0 fully saturated rings. The summed E-state index contributed by atoms with van der Waals surface area (Å²) in [5.74, 6) is -0.821. The standard InChI is InChI=1S/C15H14O5/c16-10-6-9(7-11(17)14(10)19)15-12(18)5-8-3-1-2-4-13(8)20-15/h1-4,6-7,12,15-19H,5H2/t12-,15-/m0/s1. The summed E-state index contributed by atoms with van der Waals surface area (Å²) in [5.41, 5.74) is 1.31. The lowest BCUT2D eigenvalue weighted by Gasteiger charge is -2.31. The van der Waals surface area contributed by atoms with Crippen LogP contribution < -0.4 is 4.74 Å². The van der Waals surface area contributed by atoms with Crippen LogP contribution in [0.4, 0.5) is 0 Å². The molecule has 1 aliphatic rings. The molecule has 0 radical (unpaired) electrons. The van der Waals surface area contributed by atoms with Gasteiger partial charge in [0.15, 0.2) is 23.4 Å². The lowest BCUT2D eigenvalue weighted by atomic mass is 9.94. The van der Waals surface area contributed by atoms with Crippen LogP contribution in [0, 0.1) is 0 Å². The van der Waals surface area contributed by atoms with Gasteiger partial charge in [-0.2, -0.15) is 0 Å². The second-order valence-corrected chi connectivity index (χ2v) is 4.83. The Balaban J connectivity index is 1.99. The number of fused-ring (bicyclic) bond motifs is 1. The number of para-hydroxylation sites is 1. The van der Waals surface area contributed by atoms with Gasteiger partial charge in [0.1, 0.15) is 5.75 Å². The van der Waals surface area contributed by atoms with Crippen LogP contribution in [-0.2, 0) is 6.42 Å². The summed E-state index contributed by atoms with van der Waals surface area (Å²) >= 11 is 0. The summed E-state index contributed by atoms with van der Waals surface area (Å²) in [6.07, 6.45) is -1.08. The first kappa shape index (κ1) is 12.6. The SMILES string of the molecule is Oc1cc([C@@H]2Oc3ccccc3C[C@@H]2O)cc(O)c1O. The molecule has 0 unspecified atom stereocenters. The summed E-state index contributed by atoms with van der Waals surface area (Å²) in [6.45, 7) is 0. The lowest BCUT2D eigenvalue weighted by Crippen LogP contribution is -2.30. The molecule has 5 nitrogen and oxygen atoms in total. The molecule has 0 aromatic heterocycles. The zero-order valence-electron chi connectivity index (χ0n) is 10.5. The van der Waals surface area contributed by atoms with Crippen molar-refractivity contribution >= 4 is 0 Å². The van der Waals surface area contributed by atoms with E-state index in [1.165, 1.54) is 12.1 Å². The first-order valence-corrected chi connectivity index (χ1v) is 6.23. The van der Waals surface area contributed by atoms with Gasteiger partial charge in [-0.1, -0.05) is 18.2 Å². The Morgan fingerprint density at radius 1 is 1.00 bits per heavy atom. The number of phenols is 3. The normalized spacial score (nSPS) is 21.1. The maximum Gasteiger partial charge on any atom is 0.200 e. The van der Waals surface area contributed by atoms with Crippen molar-refractivity contribution in [2.45, 2.75) is 18.6 Å².